The SMILES string of the molecule is CC(C)CC(c1ccc(-c2ccc3c(c2)c2cc(N(c4ccc(-c5ccccc5)cc4)c4ccc(-c5ccccc5)cc4)ccc2n3-c2ccccc2)cc1)C(C)C. The Morgan fingerprint density at radius 2 is 0.810 bits per heavy atom. The molecule has 0 saturated heterocycles. The third-order valence-corrected chi connectivity index (χ3v) is 11.7. The van der Waals surface area contributed by atoms with Crippen molar-refractivity contribution < 1.29 is 0 Å². The second-order valence-electron chi connectivity index (χ2n) is 16.4. The average Bonchev–Trinajstić information content (AvgIpc) is 3.60. The smallest absolute Gasteiger partial charge is 0.0542 e. The number of aromatic nitrogens is 1. The van der Waals surface area contributed by atoms with Gasteiger partial charge in [0.05, 0.1) is 11.0 Å². The predicted molar refractivity (Wildman–Crippen MR) is 249 cm³/mol. The average molecular weight is 751 g/mol. The van der Waals surface area contributed by atoms with E-state index in [1.807, 2.05) is 0 Å². The maximum absolute atomic E-state index is 2.41. The third kappa shape index (κ3) is 7.35. The number of para-hydroxylation sites is 1. The maximum atomic E-state index is 2.41. The van der Waals surface area contributed by atoms with Gasteiger partial charge in [0.25, 0.3) is 0 Å². The van der Waals surface area contributed by atoms with Crippen LogP contribution in [0.5, 0.6) is 0 Å². The van der Waals surface area contributed by atoms with Gasteiger partial charge >= 0.3 is 0 Å². The number of rotatable bonds is 11. The van der Waals surface area contributed by atoms with Crippen molar-refractivity contribution in [3.05, 3.63) is 206 Å². The second kappa shape index (κ2) is 16.1. The number of benzene rings is 8. The highest BCUT2D eigenvalue weighted by Gasteiger charge is 2.20. The Labute approximate surface area is 343 Å². The van der Waals surface area contributed by atoms with Crippen molar-refractivity contribution in [3.63, 3.8) is 0 Å². The lowest BCUT2D eigenvalue weighted by atomic mass is 9.82. The van der Waals surface area contributed by atoms with Gasteiger partial charge in [0.1, 0.15) is 0 Å². The first-order valence-electron chi connectivity index (χ1n) is 20.8. The van der Waals surface area contributed by atoms with E-state index in [1.165, 1.54) is 67.2 Å². The highest BCUT2D eigenvalue weighted by Crippen LogP contribution is 2.42. The molecule has 1 heterocycles. The molecule has 0 radical (unpaired) electrons. The van der Waals surface area contributed by atoms with Crippen molar-refractivity contribution in [1.82, 2.24) is 4.57 Å². The Bertz CT molecular complexity index is 2680. The third-order valence-electron chi connectivity index (χ3n) is 11.7. The van der Waals surface area contributed by atoms with E-state index in [1.54, 1.807) is 0 Å². The summed E-state index contributed by atoms with van der Waals surface area (Å²) in [6.07, 6.45) is 1.20. The Balaban J connectivity index is 1.19. The lowest BCUT2D eigenvalue weighted by Crippen LogP contribution is -2.10. The monoisotopic (exact) mass is 750 g/mol. The number of hydrogen-bond acceptors (Lipinski definition) is 1. The van der Waals surface area contributed by atoms with Gasteiger partial charge in [-0.2, -0.15) is 0 Å². The number of hydrogen-bond donors (Lipinski definition) is 0. The summed E-state index contributed by atoms with van der Waals surface area (Å²) >= 11 is 0. The van der Waals surface area contributed by atoms with Gasteiger partial charge in [0.2, 0.25) is 0 Å². The molecule has 0 bridgehead atoms. The first kappa shape index (κ1) is 37.0. The van der Waals surface area contributed by atoms with Gasteiger partial charge in [-0.25, -0.2) is 0 Å². The highest BCUT2D eigenvalue weighted by atomic mass is 15.1. The summed E-state index contributed by atoms with van der Waals surface area (Å²) in [6.45, 7) is 9.37. The molecule has 1 unspecified atom stereocenters. The highest BCUT2D eigenvalue weighted by molar-refractivity contribution is 6.12. The summed E-state index contributed by atoms with van der Waals surface area (Å²) < 4.78 is 2.41. The summed E-state index contributed by atoms with van der Waals surface area (Å²) in [4.78, 5) is 2.39. The molecule has 284 valence electrons. The van der Waals surface area contributed by atoms with Crippen LogP contribution in [-0.4, -0.2) is 4.57 Å². The van der Waals surface area contributed by atoms with Crippen molar-refractivity contribution in [2.45, 2.75) is 40.0 Å². The molecule has 1 atom stereocenters. The van der Waals surface area contributed by atoms with E-state index in [2.05, 4.69) is 237 Å². The molecule has 2 nitrogen and oxygen atoms in total. The molecule has 0 saturated carbocycles. The fraction of sp³-hybridized carbons (Fsp3) is 0.143. The van der Waals surface area contributed by atoms with Gasteiger partial charge in [-0.3, -0.25) is 0 Å². The van der Waals surface area contributed by atoms with Crippen LogP contribution in [0.3, 0.4) is 0 Å². The van der Waals surface area contributed by atoms with Crippen LogP contribution < -0.4 is 4.90 Å². The van der Waals surface area contributed by atoms with Crippen LogP contribution in [0.25, 0.3) is 60.9 Å². The molecule has 0 spiro atoms. The summed E-state index contributed by atoms with van der Waals surface area (Å²) in [5.41, 5.74) is 15.6. The minimum atomic E-state index is 0.561. The zero-order valence-corrected chi connectivity index (χ0v) is 33.9. The number of fused-ring (bicyclic) bond motifs is 3. The first-order valence-corrected chi connectivity index (χ1v) is 20.8. The van der Waals surface area contributed by atoms with Crippen LogP contribution in [0.4, 0.5) is 17.1 Å². The minimum absolute atomic E-state index is 0.561. The summed E-state index contributed by atoms with van der Waals surface area (Å²) in [5.74, 6) is 1.83. The molecule has 9 rings (SSSR count). The Kier molecular flexibility index (Phi) is 10.2. The van der Waals surface area contributed by atoms with Gasteiger partial charge in [-0.15, -0.1) is 0 Å². The van der Waals surface area contributed by atoms with Gasteiger partial charge in [-0.1, -0.05) is 161 Å². The van der Waals surface area contributed by atoms with Crippen LogP contribution in [0.2, 0.25) is 0 Å². The van der Waals surface area contributed by atoms with Crippen LogP contribution in [0.1, 0.15) is 45.6 Å². The lowest BCUT2D eigenvalue weighted by molar-refractivity contribution is 0.408. The standard InChI is InChI=1S/C56H50N2/c1-39(2)36-52(40(3)4)46-22-20-45(21-23-46)47-28-34-55-53(37-47)54-38-51(33-35-56(54)58(55)48-18-12-7-13-19-48)57(49-29-24-43(25-30-49)41-14-8-5-9-15-41)50-31-26-44(27-32-50)42-16-10-6-11-17-42/h5-35,37-40,52H,36H2,1-4H3. The maximum Gasteiger partial charge on any atom is 0.0542 e. The molecule has 58 heavy (non-hydrogen) atoms. The van der Waals surface area contributed by atoms with E-state index in [4.69, 9.17) is 0 Å². The first-order chi connectivity index (χ1) is 28.4. The van der Waals surface area contributed by atoms with Crippen molar-refractivity contribution in [3.8, 4) is 39.1 Å². The Morgan fingerprint density at radius 1 is 0.397 bits per heavy atom. The van der Waals surface area contributed by atoms with E-state index in [0.29, 0.717) is 17.8 Å². The zero-order valence-electron chi connectivity index (χ0n) is 33.9. The van der Waals surface area contributed by atoms with Crippen LogP contribution in [0.15, 0.2) is 200 Å². The molecule has 8 aromatic carbocycles. The minimum Gasteiger partial charge on any atom is -0.310 e. The van der Waals surface area contributed by atoms with Crippen molar-refractivity contribution in [2.24, 2.45) is 11.8 Å². The Morgan fingerprint density at radius 3 is 1.33 bits per heavy atom. The van der Waals surface area contributed by atoms with Gasteiger partial charge in [0.15, 0.2) is 0 Å². The fourth-order valence-electron chi connectivity index (χ4n) is 8.72. The summed E-state index contributed by atoms with van der Waals surface area (Å²) in [7, 11) is 0. The quantitative estimate of drug-likeness (QED) is 0.128. The van der Waals surface area contributed by atoms with E-state index < -0.39 is 0 Å². The fourth-order valence-corrected chi connectivity index (χ4v) is 8.72. The number of anilines is 3. The molecule has 0 amide bonds. The molecule has 0 aliphatic heterocycles. The molecular formula is C56H50N2. The van der Waals surface area contributed by atoms with Gasteiger partial charge < -0.3 is 9.47 Å². The normalized spacial score (nSPS) is 12.1. The molecule has 9 aromatic rings. The number of nitrogens with zero attached hydrogens (tertiary/aromatic N) is 2. The zero-order chi connectivity index (χ0) is 39.6. The van der Waals surface area contributed by atoms with E-state index in [9.17, 15) is 0 Å². The molecule has 2 heteroatoms. The van der Waals surface area contributed by atoms with Crippen molar-refractivity contribution in [1.29, 1.82) is 0 Å². The molecule has 0 fully saturated rings. The topological polar surface area (TPSA) is 8.17 Å². The van der Waals surface area contributed by atoms with Crippen LogP contribution >= 0.6 is 0 Å². The largest absolute Gasteiger partial charge is 0.310 e. The molecule has 1 aromatic heterocycles. The second-order valence-corrected chi connectivity index (χ2v) is 16.4. The summed E-state index contributed by atoms with van der Waals surface area (Å²) in [5, 5.41) is 2.46. The molecule has 0 aliphatic carbocycles. The molecule has 0 N–H and O–H groups in total. The van der Waals surface area contributed by atoms with Crippen molar-refractivity contribution >= 4 is 38.9 Å². The lowest BCUT2D eigenvalue weighted by Gasteiger charge is -2.26. The van der Waals surface area contributed by atoms with E-state index in [-0.39, 0.29) is 0 Å². The van der Waals surface area contributed by atoms with E-state index in [0.717, 1.165) is 22.7 Å². The molecular weight excluding hydrogens is 701 g/mol. The van der Waals surface area contributed by atoms with Crippen LogP contribution in [-0.2, 0) is 0 Å². The molecule has 0 aliphatic rings. The summed E-state index contributed by atoms with van der Waals surface area (Å²) in [6, 6.07) is 73.2. The predicted octanol–water partition coefficient (Wildman–Crippen LogP) is 16.0. The van der Waals surface area contributed by atoms with Crippen molar-refractivity contribution in [2.75, 3.05) is 4.90 Å². The van der Waals surface area contributed by atoms with Gasteiger partial charge in [-0.05, 0) is 130 Å². The Hall–Kier alpha value is -6.64. The van der Waals surface area contributed by atoms with E-state index >= 15 is 0 Å². The van der Waals surface area contributed by atoms with Gasteiger partial charge in [0, 0.05) is 33.5 Å². The van der Waals surface area contributed by atoms with Crippen LogP contribution in [0, 0.1) is 11.8 Å².